The van der Waals surface area contributed by atoms with Crippen LogP contribution in [-0.4, -0.2) is 44.3 Å². The zero-order valence-electron chi connectivity index (χ0n) is 14.4. The fourth-order valence-electron chi connectivity index (χ4n) is 2.36. The maximum Gasteiger partial charge on any atom is 0.289 e. The van der Waals surface area contributed by atoms with E-state index in [0.29, 0.717) is 0 Å². The van der Waals surface area contributed by atoms with Crippen molar-refractivity contribution in [2.45, 2.75) is 38.1 Å². The number of carbonyl (C=O) groups excluding carboxylic acids is 1. The van der Waals surface area contributed by atoms with Crippen molar-refractivity contribution >= 4 is 21.6 Å². The molecule has 1 aromatic rings. The number of nitrogens with zero attached hydrogens (tertiary/aromatic N) is 2. The first kappa shape index (κ1) is 20.0. The smallest absolute Gasteiger partial charge is 0.289 e. The first-order valence-corrected chi connectivity index (χ1v) is 8.93. The molecule has 134 valence electrons. The number of hydrogen-bond acceptors (Lipinski definition) is 5. The quantitative estimate of drug-likeness (QED) is 0.590. The number of nitro benzene ring substituents is 1. The molecule has 8 nitrogen and oxygen atoms in total. The van der Waals surface area contributed by atoms with E-state index in [4.69, 9.17) is 0 Å². The Kier molecular flexibility index (Phi) is 6.44. The number of nitro groups is 1. The number of amides is 1. The summed E-state index contributed by atoms with van der Waals surface area (Å²) in [4.78, 5) is 23.6. The van der Waals surface area contributed by atoms with Crippen LogP contribution in [0.4, 0.5) is 5.69 Å². The minimum Gasteiger partial charge on any atom is -0.347 e. The molecule has 1 N–H and O–H groups in total. The predicted octanol–water partition coefficient (Wildman–Crippen LogP) is 1.68. The van der Waals surface area contributed by atoms with Gasteiger partial charge in [-0.1, -0.05) is 26.0 Å². The third kappa shape index (κ3) is 4.75. The minimum atomic E-state index is -4.23. The molecule has 0 aromatic heterocycles. The first-order valence-electron chi connectivity index (χ1n) is 7.45. The normalized spacial score (nSPS) is 12.9. The summed E-state index contributed by atoms with van der Waals surface area (Å²) in [6.07, 6.45) is 0.288. The van der Waals surface area contributed by atoms with Crippen LogP contribution in [0.3, 0.4) is 0 Å². The molecule has 0 aliphatic rings. The molecule has 0 heterocycles. The van der Waals surface area contributed by atoms with E-state index < -0.39 is 37.5 Å². The molecule has 1 rings (SSSR count). The van der Waals surface area contributed by atoms with Crippen molar-refractivity contribution in [3.8, 4) is 0 Å². The summed E-state index contributed by atoms with van der Waals surface area (Å²) in [6.45, 7) is 5.20. The van der Waals surface area contributed by atoms with Crippen molar-refractivity contribution in [3.05, 3.63) is 33.9 Å². The van der Waals surface area contributed by atoms with Crippen LogP contribution in [0.1, 0.15) is 25.8 Å². The lowest BCUT2D eigenvalue weighted by molar-refractivity contribution is -0.387. The number of benzene rings is 1. The van der Waals surface area contributed by atoms with E-state index in [9.17, 15) is 23.3 Å². The molecule has 0 unspecified atom stereocenters. The molecule has 0 saturated carbocycles. The first-order chi connectivity index (χ1) is 11.0. The largest absolute Gasteiger partial charge is 0.347 e. The second-order valence-corrected chi connectivity index (χ2v) is 7.87. The molecule has 1 aromatic carbocycles. The monoisotopic (exact) mass is 357 g/mol. The van der Waals surface area contributed by atoms with E-state index in [2.05, 4.69) is 4.72 Å². The summed E-state index contributed by atoms with van der Waals surface area (Å²) in [5.41, 5.74) is -0.264. The van der Waals surface area contributed by atoms with Gasteiger partial charge in [0.25, 0.3) is 5.69 Å². The minimum absolute atomic E-state index is 0.0634. The molecule has 1 atom stereocenters. The zero-order valence-corrected chi connectivity index (χ0v) is 15.3. The standard InChI is InChI=1S/C15H23N3O5S/c1-10(2)9-12(15(19)17(4)5)16-24(22,23)14-11(3)7-6-8-13(14)18(20)21/h6-8,10,12,16H,9H2,1-5H3/t12-/m0/s1. The van der Waals surface area contributed by atoms with Crippen molar-refractivity contribution < 1.29 is 18.1 Å². The Morgan fingerprint density at radius 1 is 1.33 bits per heavy atom. The van der Waals surface area contributed by atoms with Gasteiger partial charge in [-0.3, -0.25) is 14.9 Å². The van der Waals surface area contributed by atoms with E-state index in [1.807, 2.05) is 13.8 Å². The molecule has 0 radical (unpaired) electrons. The number of carbonyl (C=O) groups is 1. The Balaban J connectivity index is 3.33. The van der Waals surface area contributed by atoms with Gasteiger partial charge >= 0.3 is 0 Å². The number of hydrogen-bond donors (Lipinski definition) is 1. The Morgan fingerprint density at radius 2 is 1.92 bits per heavy atom. The Bertz CT molecular complexity index is 729. The van der Waals surface area contributed by atoms with Crippen LogP contribution in [0.5, 0.6) is 0 Å². The Labute approximate surface area is 142 Å². The summed E-state index contributed by atoms with van der Waals surface area (Å²) in [5, 5.41) is 11.2. The van der Waals surface area contributed by atoms with Crippen molar-refractivity contribution in [2.24, 2.45) is 5.92 Å². The van der Waals surface area contributed by atoms with Crippen LogP contribution in [0.25, 0.3) is 0 Å². The molecule has 0 fully saturated rings. The van der Waals surface area contributed by atoms with E-state index >= 15 is 0 Å². The van der Waals surface area contributed by atoms with E-state index in [1.54, 1.807) is 0 Å². The maximum absolute atomic E-state index is 12.7. The van der Waals surface area contributed by atoms with Crippen molar-refractivity contribution in [1.29, 1.82) is 0 Å². The number of likely N-dealkylation sites (N-methyl/N-ethyl adjacent to an activating group) is 1. The molecule has 1 amide bonds. The number of sulfonamides is 1. The lowest BCUT2D eigenvalue weighted by Gasteiger charge is -2.23. The highest BCUT2D eigenvalue weighted by Crippen LogP contribution is 2.27. The van der Waals surface area contributed by atoms with Crippen molar-refractivity contribution in [3.63, 3.8) is 0 Å². The van der Waals surface area contributed by atoms with Gasteiger partial charge in [-0.05, 0) is 24.8 Å². The van der Waals surface area contributed by atoms with Crippen LogP contribution in [-0.2, 0) is 14.8 Å². The Hall–Kier alpha value is -2.00. The van der Waals surface area contributed by atoms with Crippen molar-refractivity contribution in [2.75, 3.05) is 14.1 Å². The van der Waals surface area contributed by atoms with Crippen LogP contribution >= 0.6 is 0 Å². The van der Waals surface area contributed by atoms with Crippen molar-refractivity contribution in [1.82, 2.24) is 9.62 Å². The van der Waals surface area contributed by atoms with E-state index in [-0.39, 0.29) is 17.9 Å². The fourth-order valence-corrected chi connectivity index (χ4v) is 3.96. The lowest BCUT2D eigenvalue weighted by atomic mass is 10.0. The molecule has 0 aliphatic carbocycles. The van der Waals surface area contributed by atoms with Crippen LogP contribution in [0.15, 0.2) is 23.1 Å². The third-order valence-electron chi connectivity index (χ3n) is 3.40. The summed E-state index contributed by atoms with van der Waals surface area (Å²) in [7, 11) is -1.17. The second-order valence-electron chi connectivity index (χ2n) is 6.22. The van der Waals surface area contributed by atoms with E-state index in [0.717, 1.165) is 6.07 Å². The molecule has 0 aliphatic heterocycles. The summed E-state index contributed by atoms with van der Waals surface area (Å²) < 4.78 is 27.8. The predicted molar refractivity (Wildman–Crippen MR) is 90.1 cm³/mol. The molecule has 0 spiro atoms. The number of nitrogens with one attached hydrogen (secondary N) is 1. The molecule has 0 saturated heterocycles. The van der Waals surface area contributed by atoms with Gasteiger partial charge < -0.3 is 4.90 Å². The average Bonchev–Trinajstić information content (AvgIpc) is 2.44. The summed E-state index contributed by atoms with van der Waals surface area (Å²) >= 11 is 0. The summed E-state index contributed by atoms with van der Waals surface area (Å²) in [6, 6.07) is 3.05. The number of rotatable bonds is 7. The van der Waals surface area contributed by atoms with Gasteiger partial charge in [-0.15, -0.1) is 0 Å². The van der Waals surface area contributed by atoms with Gasteiger partial charge in [0.2, 0.25) is 15.9 Å². The molecule has 9 heteroatoms. The summed E-state index contributed by atoms with van der Waals surface area (Å²) in [5.74, 6) is -0.336. The SMILES string of the molecule is Cc1cccc([N+](=O)[O-])c1S(=O)(=O)N[C@@H](CC(C)C)C(=O)N(C)C. The second kappa shape index (κ2) is 7.71. The van der Waals surface area contributed by atoms with Gasteiger partial charge in [0, 0.05) is 20.2 Å². The maximum atomic E-state index is 12.7. The number of aryl methyl sites for hydroxylation is 1. The molecule has 0 bridgehead atoms. The highest BCUT2D eigenvalue weighted by molar-refractivity contribution is 7.89. The molecular weight excluding hydrogens is 334 g/mol. The van der Waals surface area contributed by atoms with Crippen LogP contribution in [0, 0.1) is 23.0 Å². The topological polar surface area (TPSA) is 110 Å². The molecule has 24 heavy (non-hydrogen) atoms. The third-order valence-corrected chi connectivity index (χ3v) is 5.06. The Morgan fingerprint density at radius 3 is 2.38 bits per heavy atom. The fraction of sp³-hybridized carbons (Fsp3) is 0.533. The van der Waals surface area contributed by atoms with Gasteiger partial charge in [0.15, 0.2) is 4.90 Å². The zero-order chi connectivity index (χ0) is 18.7. The highest BCUT2D eigenvalue weighted by Gasteiger charge is 2.33. The van der Waals surface area contributed by atoms with E-state index in [1.165, 1.54) is 38.1 Å². The van der Waals surface area contributed by atoms with Gasteiger partial charge in [-0.2, -0.15) is 4.72 Å². The van der Waals surface area contributed by atoms with Gasteiger partial charge in [-0.25, -0.2) is 8.42 Å². The van der Waals surface area contributed by atoms with Crippen LogP contribution in [0.2, 0.25) is 0 Å². The van der Waals surface area contributed by atoms with Crippen LogP contribution < -0.4 is 4.72 Å². The highest BCUT2D eigenvalue weighted by atomic mass is 32.2. The van der Waals surface area contributed by atoms with Gasteiger partial charge in [0.1, 0.15) is 6.04 Å². The van der Waals surface area contributed by atoms with Gasteiger partial charge in [0.05, 0.1) is 4.92 Å². The average molecular weight is 357 g/mol. The molecular formula is C15H23N3O5S. The lowest BCUT2D eigenvalue weighted by Crippen LogP contribution is -2.47.